The van der Waals surface area contributed by atoms with Crippen molar-refractivity contribution in [3.63, 3.8) is 0 Å². The molecule has 0 spiro atoms. The number of fused-ring (bicyclic) bond motifs is 1. The van der Waals surface area contributed by atoms with Gasteiger partial charge in [-0.05, 0) is 24.3 Å². The first kappa shape index (κ1) is 16.3. The van der Waals surface area contributed by atoms with Gasteiger partial charge < -0.3 is 0 Å². The number of aromatic nitrogens is 1. The zero-order valence-electron chi connectivity index (χ0n) is 13.7. The van der Waals surface area contributed by atoms with E-state index in [1.807, 2.05) is 12.1 Å². The summed E-state index contributed by atoms with van der Waals surface area (Å²) in [5.41, 5.74) is 1.05. The van der Waals surface area contributed by atoms with E-state index in [9.17, 15) is 13.2 Å². The van der Waals surface area contributed by atoms with Crippen LogP contribution < -0.4 is 0 Å². The maximum atomic E-state index is 13.3. The zero-order valence-corrected chi connectivity index (χ0v) is 14.6. The topological polar surface area (TPSA) is 56.1 Å². The fourth-order valence-electron chi connectivity index (χ4n) is 2.98. The van der Waals surface area contributed by atoms with E-state index in [1.54, 1.807) is 66.7 Å². The number of benzene rings is 3. The van der Waals surface area contributed by atoms with Gasteiger partial charge in [0.2, 0.25) is 5.78 Å². The van der Waals surface area contributed by atoms with Gasteiger partial charge in [-0.1, -0.05) is 66.7 Å². The Labute approximate surface area is 151 Å². The molecule has 0 radical (unpaired) electrons. The van der Waals surface area contributed by atoms with Crippen molar-refractivity contribution < 1.29 is 13.2 Å². The largest absolute Gasteiger partial charge is 0.287 e. The van der Waals surface area contributed by atoms with Gasteiger partial charge in [0.15, 0.2) is 0 Å². The zero-order chi connectivity index (χ0) is 18.1. The van der Waals surface area contributed by atoms with Crippen molar-refractivity contribution in [1.29, 1.82) is 0 Å². The van der Waals surface area contributed by atoms with Crippen LogP contribution in [-0.2, 0) is 10.0 Å². The van der Waals surface area contributed by atoms with Crippen molar-refractivity contribution in [2.75, 3.05) is 0 Å². The van der Waals surface area contributed by atoms with Crippen LogP contribution in [0.2, 0.25) is 0 Å². The van der Waals surface area contributed by atoms with E-state index >= 15 is 0 Å². The SMILES string of the molecule is O=C(c1ccccc1)c1cc2ccccc2n1S(=O)(=O)c1ccccc1. The summed E-state index contributed by atoms with van der Waals surface area (Å²) in [6.45, 7) is 0. The molecule has 0 amide bonds. The molecule has 4 rings (SSSR count). The number of hydrogen-bond acceptors (Lipinski definition) is 3. The molecule has 1 heterocycles. The van der Waals surface area contributed by atoms with E-state index in [-0.39, 0.29) is 16.4 Å². The predicted octanol–water partition coefficient (Wildman–Crippen LogP) is 4.11. The average Bonchev–Trinajstić information content (AvgIpc) is 3.09. The Balaban J connectivity index is 2.01. The number of nitrogens with zero attached hydrogens (tertiary/aromatic N) is 1. The highest BCUT2D eigenvalue weighted by Gasteiger charge is 2.26. The molecule has 1 aromatic heterocycles. The van der Waals surface area contributed by atoms with Gasteiger partial charge in [-0.3, -0.25) is 4.79 Å². The quantitative estimate of drug-likeness (QED) is 0.514. The Bertz CT molecular complexity index is 1190. The Kier molecular flexibility index (Phi) is 3.93. The summed E-state index contributed by atoms with van der Waals surface area (Å²) in [7, 11) is -3.91. The molecule has 0 aliphatic rings. The molecule has 0 N–H and O–H groups in total. The molecular formula is C21H15NO3S. The lowest BCUT2D eigenvalue weighted by Crippen LogP contribution is -2.19. The minimum atomic E-state index is -3.91. The van der Waals surface area contributed by atoms with E-state index in [0.717, 1.165) is 3.97 Å². The van der Waals surface area contributed by atoms with Crippen molar-refractivity contribution >= 4 is 26.7 Å². The molecule has 0 bridgehead atoms. The molecule has 4 aromatic rings. The molecular weight excluding hydrogens is 346 g/mol. The normalized spacial score (nSPS) is 11.5. The minimum absolute atomic E-state index is 0.126. The molecule has 5 heteroatoms. The van der Waals surface area contributed by atoms with Crippen LogP contribution >= 0.6 is 0 Å². The van der Waals surface area contributed by atoms with Crippen molar-refractivity contribution in [3.05, 3.63) is 102 Å². The molecule has 0 fully saturated rings. The highest BCUT2D eigenvalue weighted by molar-refractivity contribution is 7.90. The third-order valence-electron chi connectivity index (χ3n) is 4.22. The van der Waals surface area contributed by atoms with E-state index in [2.05, 4.69) is 0 Å². The summed E-state index contributed by atoms with van der Waals surface area (Å²) < 4.78 is 27.7. The highest BCUT2D eigenvalue weighted by atomic mass is 32.2. The minimum Gasteiger partial charge on any atom is -0.287 e. The van der Waals surface area contributed by atoms with E-state index in [1.165, 1.54) is 12.1 Å². The maximum absolute atomic E-state index is 13.3. The lowest BCUT2D eigenvalue weighted by atomic mass is 10.1. The van der Waals surface area contributed by atoms with Gasteiger partial charge in [0.05, 0.1) is 10.4 Å². The summed E-state index contributed by atoms with van der Waals surface area (Å²) in [5.74, 6) is -0.332. The summed E-state index contributed by atoms with van der Waals surface area (Å²) in [4.78, 5) is 13.2. The van der Waals surface area contributed by atoms with Gasteiger partial charge in [-0.15, -0.1) is 0 Å². The number of hydrogen-bond donors (Lipinski definition) is 0. The summed E-state index contributed by atoms with van der Waals surface area (Å²) in [6, 6.07) is 25.5. The molecule has 0 aliphatic carbocycles. The van der Waals surface area contributed by atoms with Crippen molar-refractivity contribution in [2.45, 2.75) is 4.90 Å². The summed E-state index contributed by atoms with van der Waals surface area (Å²) in [6.07, 6.45) is 0. The second kappa shape index (κ2) is 6.28. The van der Waals surface area contributed by atoms with Gasteiger partial charge >= 0.3 is 0 Å². The summed E-state index contributed by atoms with van der Waals surface area (Å²) >= 11 is 0. The van der Waals surface area contributed by atoms with E-state index in [0.29, 0.717) is 16.5 Å². The molecule has 0 atom stereocenters. The predicted molar refractivity (Wildman–Crippen MR) is 101 cm³/mol. The lowest BCUT2D eigenvalue weighted by molar-refractivity contribution is 0.103. The second-order valence-electron chi connectivity index (χ2n) is 5.87. The van der Waals surface area contributed by atoms with Crippen molar-refractivity contribution in [3.8, 4) is 0 Å². The van der Waals surface area contributed by atoms with Crippen LogP contribution in [0.5, 0.6) is 0 Å². The van der Waals surface area contributed by atoms with Gasteiger partial charge in [0, 0.05) is 10.9 Å². The number of rotatable bonds is 4. The number of ketones is 1. The van der Waals surface area contributed by atoms with Crippen LogP contribution in [0.25, 0.3) is 10.9 Å². The first-order valence-corrected chi connectivity index (χ1v) is 9.54. The summed E-state index contributed by atoms with van der Waals surface area (Å²) in [5, 5.41) is 0.700. The van der Waals surface area contributed by atoms with E-state index in [4.69, 9.17) is 0 Å². The molecule has 26 heavy (non-hydrogen) atoms. The number of carbonyl (C=O) groups is 1. The maximum Gasteiger partial charge on any atom is 0.268 e. The first-order valence-electron chi connectivity index (χ1n) is 8.10. The van der Waals surface area contributed by atoms with Crippen LogP contribution in [0.1, 0.15) is 16.1 Å². The van der Waals surface area contributed by atoms with Crippen LogP contribution in [0, 0.1) is 0 Å². The van der Waals surface area contributed by atoms with Crippen LogP contribution in [0.15, 0.2) is 95.9 Å². The molecule has 0 saturated carbocycles. The smallest absolute Gasteiger partial charge is 0.268 e. The van der Waals surface area contributed by atoms with Crippen molar-refractivity contribution in [1.82, 2.24) is 3.97 Å². The number of para-hydroxylation sites is 1. The third-order valence-corrected chi connectivity index (χ3v) is 5.96. The Morgan fingerprint density at radius 1 is 0.731 bits per heavy atom. The van der Waals surface area contributed by atoms with Gasteiger partial charge in [-0.2, -0.15) is 0 Å². The fraction of sp³-hybridized carbons (Fsp3) is 0. The van der Waals surface area contributed by atoms with Gasteiger partial charge in [0.25, 0.3) is 10.0 Å². The molecule has 128 valence electrons. The highest BCUT2D eigenvalue weighted by Crippen LogP contribution is 2.27. The Morgan fingerprint density at radius 3 is 2.00 bits per heavy atom. The monoisotopic (exact) mass is 361 g/mol. The molecule has 4 nitrogen and oxygen atoms in total. The number of carbonyl (C=O) groups excluding carboxylic acids is 1. The second-order valence-corrected chi connectivity index (χ2v) is 7.65. The van der Waals surface area contributed by atoms with Crippen LogP contribution in [0.3, 0.4) is 0 Å². The van der Waals surface area contributed by atoms with Gasteiger partial charge in [0.1, 0.15) is 5.69 Å². The first-order chi connectivity index (χ1) is 12.6. The lowest BCUT2D eigenvalue weighted by Gasteiger charge is -2.11. The molecule has 3 aromatic carbocycles. The van der Waals surface area contributed by atoms with E-state index < -0.39 is 10.0 Å². The van der Waals surface area contributed by atoms with Crippen molar-refractivity contribution in [2.24, 2.45) is 0 Å². The van der Waals surface area contributed by atoms with Crippen LogP contribution in [-0.4, -0.2) is 18.2 Å². The molecule has 0 unspecified atom stereocenters. The van der Waals surface area contributed by atoms with Crippen LogP contribution in [0.4, 0.5) is 0 Å². The Hall–Kier alpha value is -3.18. The standard InChI is InChI=1S/C21H15NO3S/c23-21(16-9-3-1-4-10-16)20-15-17-11-7-8-14-19(17)22(20)26(24,25)18-12-5-2-6-13-18/h1-15H. The average molecular weight is 361 g/mol. The third kappa shape index (κ3) is 2.62. The Morgan fingerprint density at radius 2 is 1.31 bits per heavy atom. The fourth-order valence-corrected chi connectivity index (χ4v) is 4.51. The molecule has 0 aliphatic heterocycles. The molecule has 0 saturated heterocycles. The van der Waals surface area contributed by atoms with Gasteiger partial charge in [-0.25, -0.2) is 12.4 Å².